The van der Waals surface area contributed by atoms with E-state index in [9.17, 15) is 0 Å². The molecule has 3 N–H and O–H groups in total. The van der Waals surface area contributed by atoms with Crippen molar-refractivity contribution in [3.05, 3.63) is 97.0 Å². The molecule has 0 saturated heterocycles. The van der Waals surface area contributed by atoms with Crippen LogP contribution in [-0.2, 0) is 6.42 Å². The minimum atomic E-state index is 0.867. The van der Waals surface area contributed by atoms with Gasteiger partial charge in [0.2, 0.25) is 0 Å². The summed E-state index contributed by atoms with van der Waals surface area (Å²) < 4.78 is 0. The zero-order chi connectivity index (χ0) is 23.6. The third kappa shape index (κ3) is 2.66. The lowest BCUT2D eigenvalue weighted by Crippen LogP contribution is -2.16. The molecule has 0 unspecified atom stereocenters. The second-order valence-electron chi connectivity index (χ2n) is 9.29. The van der Waals surface area contributed by atoms with Crippen molar-refractivity contribution in [3.8, 4) is 22.5 Å². The summed E-state index contributed by atoms with van der Waals surface area (Å²) in [5.74, 6) is 0. The molecule has 36 heavy (non-hydrogen) atoms. The van der Waals surface area contributed by atoms with Crippen LogP contribution in [0.4, 0.5) is 11.4 Å². The molecule has 1 radical (unpaired) electrons. The van der Waals surface area contributed by atoms with Gasteiger partial charge >= 0.3 is 0 Å². The Morgan fingerprint density at radius 1 is 0.861 bits per heavy atom. The van der Waals surface area contributed by atoms with Crippen LogP contribution in [0.25, 0.3) is 55.2 Å². The maximum absolute atomic E-state index is 4.84. The molecule has 0 amide bonds. The fourth-order valence-corrected chi connectivity index (χ4v) is 5.74. The number of H-pyrrole nitrogens is 3. The summed E-state index contributed by atoms with van der Waals surface area (Å²) in [5, 5.41) is 11.5. The molecule has 6 nitrogen and oxygen atoms in total. The van der Waals surface area contributed by atoms with Gasteiger partial charge in [-0.3, -0.25) is 5.10 Å². The van der Waals surface area contributed by atoms with Gasteiger partial charge < -0.3 is 14.9 Å². The SMILES string of the molecule is [c]1nc2c(-c3n[nH]c4ccccc34)c(N3CCc4ccccc43)c(-c3[nH]cc4ccccc34)cc2[nH]1. The van der Waals surface area contributed by atoms with Crippen molar-refractivity contribution < 1.29 is 0 Å². The summed E-state index contributed by atoms with van der Waals surface area (Å²) in [6.45, 7) is 0.889. The summed E-state index contributed by atoms with van der Waals surface area (Å²) in [7, 11) is 0. The maximum Gasteiger partial charge on any atom is 0.174 e. The number of nitrogens with one attached hydrogen (secondary N) is 3. The Morgan fingerprint density at radius 2 is 1.69 bits per heavy atom. The molecule has 4 aromatic carbocycles. The third-order valence-electron chi connectivity index (χ3n) is 7.37. The molecule has 0 fully saturated rings. The number of hydrogen-bond acceptors (Lipinski definition) is 3. The first-order chi connectivity index (χ1) is 17.9. The van der Waals surface area contributed by atoms with Crippen molar-refractivity contribution >= 4 is 44.1 Å². The van der Waals surface area contributed by atoms with Crippen LogP contribution in [0.15, 0.2) is 85.1 Å². The summed E-state index contributed by atoms with van der Waals surface area (Å²) in [6, 6.07) is 27.6. The highest BCUT2D eigenvalue weighted by atomic mass is 15.2. The van der Waals surface area contributed by atoms with Gasteiger partial charge in [0.25, 0.3) is 0 Å². The van der Waals surface area contributed by atoms with E-state index in [4.69, 9.17) is 5.10 Å². The zero-order valence-electron chi connectivity index (χ0n) is 19.3. The molecule has 0 spiro atoms. The van der Waals surface area contributed by atoms with Crippen LogP contribution >= 0.6 is 0 Å². The molecule has 4 heterocycles. The van der Waals surface area contributed by atoms with Crippen molar-refractivity contribution in [2.75, 3.05) is 11.4 Å². The first kappa shape index (κ1) is 19.5. The topological polar surface area (TPSA) is 76.4 Å². The number of imidazole rings is 1. The highest BCUT2D eigenvalue weighted by molar-refractivity contribution is 6.13. The number of benzene rings is 4. The van der Waals surface area contributed by atoms with E-state index in [2.05, 4.69) is 110 Å². The largest absolute Gasteiger partial charge is 0.360 e. The lowest BCUT2D eigenvalue weighted by atomic mass is 9.95. The van der Waals surface area contributed by atoms with Gasteiger partial charge in [-0.05, 0) is 35.6 Å². The molecule has 3 aromatic heterocycles. The van der Waals surface area contributed by atoms with Crippen LogP contribution < -0.4 is 4.90 Å². The van der Waals surface area contributed by atoms with Gasteiger partial charge in [0, 0.05) is 34.8 Å². The minimum absolute atomic E-state index is 0.867. The van der Waals surface area contributed by atoms with Crippen molar-refractivity contribution in [3.63, 3.8) is 0 Å². The Kier molecular flexibility index (Phi) is 3.96. The average molecular weight is 466 g/mol. The Morgan fingerprint density at radius 3 is 2.67 bits per heavy atom. The normalized spacial score (nSPS) is 13.3. The van der Waals surface area contributed by atoms with E-state index in [-0.39, 0.29) is 0 Å². The van der Waals surface area contributed by atoms with Crippen LogP contribution in [-0.4, -0.2) is 31.7 Å². The highest BCUT2D eigenvalue weighted by Crippen LogP contribution is 2.49. The number of anilines is 2. The minimum Gasteiger partial charge on any atom is -0.360 e. The number of fused-ring (bicyclic) bond motifs is 4. The van der Waals surface area contributed by atoms with Gasteiger partial charge in [-0.2, -0.15) is 5.10 Å². The van der Waals surface area contributed by atoms with Crippen LogP contribution in [0.3, 0.4) is 0 Å². The number of nitrogens with zero attached hydrogens (tertiary/aromatic N) is 3. The van der Waals surface area contributed by atoms with Gasteiger partial charge in [0.05, 0.1) is 28.0 Å². The van der Waals surface area contributed by atoms with E-state index in [1.54, 1.807) is 0 Å². The number of hydrogen-bond donors (Lipinski definition) is 3. The Hall–Kier alpha value is -4.84. The van der Waals surface area contributed by atoms with Crippen LogP contribution in [0, 0.1) is 6.33 Å². The predicted molar refractivity (Wildman–Crippen MR) is 144 cm³/mol. The van der Waals surface area contributed by atoms with E-state index in [0.717, 1.165) is 63.1 Å². The maximum atomic E-state index is 4.84. The van der Waals surface area contributed by atoms with Crippen molar-refractivity contribution in [1.29, 1.82) is 0 Å². The van der Waals surface area contributed by atoms with Crippen molar-refractivity contribution in [2.24, 2.45) is 0 Å². The van der Waals surface area contributed by atoms with Crippen LogP contribution in [0.1, 0.15) is 5.56 Å². The summed E-state index contributed by atoms with van der Waals surface area (Å²) in [5.41, 5.74) is 10.6. The Balaban J connectivity index is 1.53. The molecule has 0 aliphatic carbocycles. The average Bonchev–Trinajstić information content (AvgIpc) is 3.72. The van der Waals surface area contributed by atoms with Gasteiger partial charge in [-0.15, -0.1) is 0 Å². The lowest BCUT2D eigenvalue weighted by Gasteiger charge is -2.26. The van der Waals surface area contributed by atoms with Crippen molar-refractivity contribution in [2.45, 2.75) is 6.42 Å². The van der Waals surface area contributed by atoms with E-state index in [1.165, 1.54) is 22.0 Å². The Bertz CT molecular complexity index is 1920. The van der Waals surface area contributed by atoms with Gasteiger partial charge in [-0.25, -0.2) is 4.98 Å². The fraction of sp³-hybridized carbons (Fsp3) is 0.0667. The number of para-hydroxylation sites is 2. The van der Waals surface area contributed by atoms with Gasteiger partial charge in [0.1, 0.15) is 11.2 Å². The molecule has 171 valence electrons. The second kappa shape index (κ2) is 7.33. The number of aromatic nitrogens is 5. The molecule has 1 aliphatic rings. The number of rotatable bonds is 3. The van der Waals surface area contributed by atoms with Crippen molar-refractivity contribution in [1.82, 2.24) is 25.1 Å². The summed E-state index contributed by atoms with van der Waals surface area (Å²) >= 11 is 0. The first-order valence-corrected chi connectivity index (χ1v) is 12.1. The Labute approximate surface area is 206 Å². The molecule has 0 atom stereocenters. The molecule has 1 aliphatic heterocycles. The number of aromatic amines is 3. The van der Waals surface area contributed by atoms with E-state index >= 15 is 0 Å². The van der Waals surface area contributed by atoms with E-state index < -0.39 is 0 Å². The third-order valence-corrected chi connectivity index (χ3v) is 7.37. The molecule has 6 heteroatoms. The molecule has 0 saturated carbocycles. The second-order valence-corrected chi connectivity index (χ2v) is 9.29. The predicted octanol–water partition coefficient (Wildman–Crippen LogP) is 6.75. The monoisotopic (exact) mass is 465 g/mol. The molecular weight excluding hydrogens is 444 g/mol. The summed E-state index contributed by atoms with van der Waals surface area (Å²) in [4.78, 5) is 14.0. The van der Waals surface area contributed by atoms with E-state index in [0.29, 0.717) is 0 Å². The van der Waals surface area contributed by atoms with E-state index in [1.807, 2.05) is 6.07 Å². The fourth-order valence-electron chi connectivity index (χ4n) is 5.74. The molecule has 0 bridgehead atoms. The van der Waals surface area contributed by atoms with Gasteiger partial charge in [-0.1, -0.05) is 60.7 Å². The highest BCUT2D eigenvalue weighted by Gasteiger charge is 2.30. The standard InChI is InChI=1S/C30H21N6/c1-3-9-20-19(8-1)16-31-27(20)22-15-24-29(33-17-32-24)26(28-21-10-4-5-11-23(21)34-35-28)30(22)36-14-13-18-7-2-6-12-25(18)36/h1-12,15-16,31H,13-14H2,(H,32,33)(H,34,35). The summed E-state index contributed by atoms with van der Waals surface area (Å²) in [6.07, 6.45) is 6.07. The molecule has 8 rings (SSSR count). The van der Waals surface area contributed by atoms with Crippen LogP contribution in [0.5, 0.6) is 0 Å². The molecule has 7 aromatic rings. The smallest absolute Gasteiger partial charge is 0.174 e. The van der Waals surface area contributed by atoms with Crippen LogP contribution in [0.2, 0.25) is 0 Å². The van der Waals surface area contributed by atoms with Gasteiger partial charge in [0.15, 0.2) is 6.33 Å². The lowest BCUT2D eigenvalue weighted by molar-refractivity contribution is 0.999. The quantitative estimate of drug-likeness (QED) is 0.270. The molecular formula is C30H21N6. The first-order valence-electron chi connectivity index (χ1n) is 12.1. The zero-order valence-corrected chi connectivity index (χ0v) is 19.3.